The van der Waals surface area contributed by atoms with Crippen molar-refractivity contribution in [2.24, 2.45) is 5.73 Å². The third kappa shape index (κ3) is 2.41. The molecule has 1 rings (SSSR count). The van der Waals surface area contributed by atoms with Gasteiger partial charge in [0.25, 0.3) is 0 Å². The minimum Gasteiger partial charge on any atom is -0.504 e. The second kappa shape index (κ2) is 4.82. The average molecular weight is 227 g/mol. The Hall–Kier alpha value is -1.79. The summed E-state index contributed by atoms with van der Waals surface area (Å²) in [7, 11) is 1.16. The summed E-state index contributed by atoms with van der Waals surface area (Å²) in [5, 5.41) is 28.0. The molecule has 5 N–H and O–H groups in total. The Bertz CT molecular complexity index is 393. The quantitative estimate of drug-likeness (QED) is 0.414. The highest BCUT2D eigenvalue weighted by molar-refractivity contribution is 5.76. The van der Waals surface area contributed by atoms with Crippen molar-refractivity contribution < 1.29 is 24.9 Å². The van der Waals surface area contributed by atoms with Crippen LogP contribution in [0.15, 0.2) is 18.2 Å². The average Bonchev–Trinajstić information content (AvgIpc) is 2.29. The minimum atomic E-state index is -1.31. The molecule has 0 aliphatic rings. The second-order valence-corrected chi connectivity index (χ2v) is 3.24. The molecule has 16 heavy (non-hydrogen) atoms. The van der Waals surface area contributed by atoms with Crippen molar-refractivity contribution in [3.63, 3.8) is 0 Å². The first-order chi connectivity index (χ1) is 7.47. The number of phenols is 2. The zero-order valence-electron chi connectivity index (χ0n) is 8.62. The lowest BCUT2D eigenvalue weighted by Gasteiger charge is -2.17. The molecule has 2 atom stereocenters. The molecular formula is C10H13NO5. The smallest absolute Gasteiger partial charge is 0.325 e. The normalized spacial score (nSPS) is 14.2. The zero-order valence-corrected chi connectivity index (χ0v) is 8.62. The number of phenolic OH excluding ortho intramolecular Hbond substituents is 2. The highest BCUT2D eigenvalue weighted by Crippen LogP contribution is 2.28. The van der Waals surface area contributed by atoms with Crippen LogP contribution in [0.3, 0.4) is 0 Å². The molecule has 6 heteroatoms. The number of carbonyl (C=O) groups is 1. The Morgan fingerprint density at radius 3 is 2.50 bits per heavy atom. The summed E-state index contributed by atoms with van der Waals surface area (Å²) in [4.78, 5) is 11.1. The van der Waals surface area contributed by atoms with Crippen molar-refractivity contribution in [2.75, 3.05) is 7.11 Å². The summed E-state index contributed by atoms with van der Waals surface area (Å²) in [6.07, 6.45) is -1.31. The molecule has 0 aliphatic heterocycles. The molecule has 0 heterocycles. The van der Waals surface area contributed by atoms with Gasteiger partial charge in [-0.3, -0.25) is 4.79 Å². The van der Waals surface area contributed by atoms with E-state index in [2.05, 4.69) is 4.74 Å². The maximum absolute atomic E-state index is 11.1. The van der Waals surface area contributed by atoms with Gasteiger partial charge in [-0.15, -0.1) is 0 Å². The van der Waals surface area contributed by atoms with Gasteiger partial charge in [0.05, 0.1) is 7.11 Å². The molecule has 0 radical (unpaired) electrons. The van der Waals surface area contributed by atoms with E-state index >= 15 is 0 Å². The van der Waals surface area contributed by atoms with Crippen molar-refractivity contribution in [3.8, 4) is 11.5 Å². The molecule has 0 amide bonds. The van der Waals surface area contributed by atoms with Gasteiger partial charge >= 0.3 is 5.97 Å². The van der Waals surface area contributed by atoms with Crippen LogP contribution in [0.5, 0.6) is 11.5 Å². The first-order valence-electron chi connectivity index (χ1n) is 4.50. The molecule has 6 nitrogen and oxygen atoms in total. The van der Waals surface area contributed by atoms with Gasteiger partial charge in [0.1, 0.15) is 12.1 Å². The van der Waals surface area contributed by atoms with E-state index in [0.717, 1.165) is 13.2 Å². The van der Waals surface area contributed by atoms with Crippen LogP contribution < -0.4 is 5.73 Å². The molecule has 88 valence electrons. The molecule has 1 aromatic carbocycles. The van der Waals surface area contributed by atoms with Crippen molar-refractivity contribution in [1.29, 1.82) is 0 Å². The highest BCUT2D eigenvalue weighted by Gasteiger charge is 2.25. The van der Waals surface area contributed by atoms with Gasteiger partial charge < -0.3 is 25.8 Å². The molecule has 0 unspecified atom stereocenters. The number of hydrogen-bond acceptors (Lipinski definition) is 6. The van der Waals surface area contributed by atoms with Gasteiger partial charge in [0.2, 0.25) is 0 Å². The minimum absolute atomic E-state index is 0.216. The maximum Gasteiger partial charge on any atom is 0.325 e. The summed E-state index contributed by atoms with van der Waals surface area (Å²) >= 11 is 0. The molecule has 0 saturated heterocycles. The van der Waals surface area contributed by atoms with Crippen molar-refractivity contribution >= 4 is 5.97 Å². The van der Waals surface area contributed by atoms with Crippen LogP contribution in [0.2, 0.25) is 0 Å². The number of aliphatic hydroxyl groups is 1. The third-order valence-electron chi connectivity index (χ3n) is 2.15. The van der Waals surface area contributed by atoms with Crippen LogP contribution in [0.25, 0.3) is 0 Å². The number of hydrogen-bond donors (Lipinski definition) is 4. The molecule has 0 fully saturated rings. The molecule has 0 spiro atoms. The van der Waals surface area contributed by atoms with E-state index < -0.39 is 23.9 Å². The lowest BCUT2D eigenvalue weighted by molar-refractivity contribution is -0.145. The van der Waals surface area contributed by atoms with Gasteiger partial charge in [-0.1, -0.05) is 6.07 Å². The standard InChI is InChI=1S/C10H13NO5/c1-16-10(15)8(11)9(14)5-2-3-6(12)7(13)4-5/h2-4,8-9,12-14H,11H2,1H3/t8-,9-/m0/s1. The first-order valence-corrected chi connectivity index (χ1v) is 4.50. The Labute approximate surface area is 91.9 Å². The summed E-state index contributed by atoms with van der Waals surface area (Å²) in [5.74, 6) is -1.48. The molecule has 0 aliphatic carbocycles. The summed E-state index contributed by atoms with van der Waals surface area (Å²) in [6.45, 7) is 0. The van der Waals surface area contributed by atoms with E-state index in [9.17, 15) is 15.0 Å². The van der Waals surface area contributed by atoms with Crippen LogP contribution in [-0.4, -0.2) is 34.4 Å². The first kappa shape index (κ1) is 12.3. The summed E-state index contributed by atoms with van der Waals surface area (Å²) in [6, 6.07) is 2.43. The summed E-state index contributed by atoms with van der Waals surface area (Å²) < 4.78 is 4.37. The Morgan fingerprint density at radius 1 is 1.38 bits per heavy atom. The molecule has 0 bridgehead atoms. The predicted octanol–water partition coefficient (Wildman–Crippen LogP) is -0.369. The Kier molecular flexibility index (Phi) is 3.70. The van der Waals surface area contributed by atoms with Crippen LogP contribution in [-0.2, 0) is 9.53 Å². The number of carbonyl (C=O) groups excluding carboxylic acids is 1. The SMILES string of the molecule is COC(=O)[C@@H](N)[C@@H](O)c1ccc(O)c(O)c1. The number of nitrogens with two attached hydrogens (primary N) is 1. The van der Waals surface area contributed by atoms with Crippen LogP contribution in [0, 0.1) is 0 Å². The molecule has 1 aromatic rings. The number of esters is 1. The fourth-order valence-corrected chi connectivity index (χ4v) is 1.20. The predicted molar refractivity (Wildman–Crippen MR) is 54.7 cm³/mol. The number of ether oxygens (including phenoxy) is 1. The van der Waals surface area contributed by atoms with Gasteiger partial charge in [-0.2, -0.15) is 0 Å². The van der Waals surface area contributed by atoms with E-state index in [1.807, 2.05) is 0 Å². The van der Waals surface area contributed by atoms with E-state index in [0.29, 0.717) is 0 Å². The number of rotatable bonds is 3. The zero-order chi connectivity index (χ0) is 12.3. The number of aliphatic hydroxyl groups excluding tert-OH is 1. The number of benzene rings is 1. The lowest BCUT2D eigenvalue weighted by atomic mass is 10.0. The van der Waals surface area contributed by atoms with Crippen molar-refractivity contribution in [1.82, 2.24) is 0 Å². The maximum atomic E-state index is 11.1. The third-order valence-corrected chi connectivity index (χ3v) is 2.15. The fourth-order valence-electron chi connectivity index (χ4n) is 1.20. The lowest BCUT2D eigenvalue weighted by Crippen LogP contribution is -2.37. The van der Waals surface area contributed by atoms with Crippen LogP contribution in [0.4, 0.5) is 0 Å². The van der Waals surface area contributed by atoms with Crippen molar-refractivity contribution in [2.45, 2.75) is 12.1 Å². The van der Waals surface area contributed by atoms with E-state index in [1.54, 1.807) is 0 Å². The second-order valence-electron chi connectivity index (χ2n) is 3.24. The molecular weight excluding hydrogens is 214 g/mol. The topological polar surface area (TPSA) is 113 Å². The fraction of sp³-hybridized carbons (Fsp3) is 0.300. The van der Waals surface area contributed by atoms with Gasteiger partial charge in [-0.25, -0.2) is 0 Å². The van der Waals surface area contributed by atoms with Crippen LogP contribution >= 0.6 is 0 Å². The monoisotopic (exact) mass is 227 g/mol. The Balaban J connectivity index is 2.91. The summed E-state index contributed by atoms with van der Waals surface area (Å²) in [5.41, 5.74) is 5.64. The van der Waals surface area contributed by atoms with E-state index in [1.165, 1.54) is 12.1 Å². The largest absolute Gasteiger partial charge is 0.504 e. The number of methoxy groups -OCH3 is 1. The van der Waals surface area contributed by atoms with Gasteiger partial charge in [0.15, 0.2) is 11.5 Å². The van der Waals surface area contributed by atoms with Crippen molar-refractivity contribution in [3.05, 3.63) is 23.8 Å². The molecule has 0 saturated carbocycles. The van der Waals surface area contributed by atoms with E-state index in [-0.39, 0.29) is 11.3 Å². The Morgan fingerprint density at radius 2 is 2.00 bits per heavy atom. The number of aromatic hydroxyl groups is 2. The van der Waals surface area contributed by atoms with Gasteiger partial charge in [0, 0.05) is 0 Å². The van der Waals surface area contributed by atoms with Crippen LogP contribution in [0.1, 0.15) is 11.7 Å². The highest BCUT2D eigenvalue weighted by atomic mass is 16.5. The van der Waals surface area contributed by atoms with Gasteiger partial charge in [-0.05, 0) is 17.7 Å². The van der Waals surface area contributed by atoms with E-state index in [4.69, 9.17) is 10.8 Å². The molecule has 0 aromatic heterocycles.